The molecule has 4 heteroatoms. The summed E-state index contributed by atoms with van der Waals surface area (Å²) in [5.74, 6) is -0.259. The minimum Gasteiger partial charge on any atom is -0.372 e. The molecule has 0 aliphatic heterocycles. The maximum absolute atomic E-state index is 13.2. The van der Waals surface area contributed by atoms with Gasteiger partial charge in [-0.25, -0.2) is 4.39 Å². The molecule has 0 aliphatic rings. The summed E-state index contributed by atoms with van der Waals surface area (Å²) in [6, 6.07) is 10.4. The summed E-state index contributed by atoms with van der Waals surface area (Å²) in [5.41, 5.74) is 6.73. The van der Waals surface area contributed by atoms with Gasteiger partial charge in [0.1, 0.15) is 5.82 Å². The SMILES string of the molecule is CC(N)C(OCCc1cccs1)c1cccc(F)c1. The first-order valence-electron chi connectivity index (χ1n) is 6.32. The van der Waals surface area contributed by atoms with Crippen molar-refractivity contribution in [2.24, 2.45) is 5.73 Å². The summed E-state index contributed by atoms with van der Waals surface area (Å²) in [6.45, 7) is 2.46. The molecule has 2 N–H and O–H groups in total. The molecule has 2 aromatic rings. The Hall–Kier alpha value is -1.23. The van der Waals surface area contributed by atoms with Crippen LogP contribution >= 0.6 is 11.3 Å². The molecule has 0 saturated carbocycles. The van der Waals surface area contributed by atoms with Gasteiger partial charge in [0.2, 0.25) is 0 Å². The van der Waals surface area contributed by atoms with Gasteiger partial charge < -0.3 is 10.5 Å². The number of hydrogen-bond acceptors (Lipinski definition) is 3. The Kier molecular flexibility index (Phi) is 5.07. The monoisotopic (exact) mass is 279 g/mol. The number of benzene rings is 1. The quantitative estimate of drug-likeness (QED) is 0.878. The van der Waals surface area contributed by atoms with Gasteiger partial charge in [-0.05, 0) is 36.1 Å². The molecule has 0 bridgehead atoms. The molecule has 2 atom stereocenters. The van der Waals surface area contributed by atoms with Crippen molar-refractivity contribution in [3.63, 3.8) is 0 Å². The fourth-order valence-electron chi connectivity index (χ4n) is 1.98. The Morgan fingerprint density at radius 3 is 2.79 bits per heavy atom. The van der Waals surface area contributed by atoms with Gasteiger partial charge in [-0.1, -0.05) is 18.2 Å². The van der Waals surface area contributed by atoms with Crippen LogP contribution in [0.1, 0.15) is 23.5 Å². The van der Waals surface area contributed by atoms with E-state index in [-0.39, 0.29) is 18.0 Å². The highest BCUT2D eigenvalue weighted by atomic mass is 32.1. The molecule has 0 spiro atoms. The highest BCUT2D eigenvalue weighted by Gasteiger charge is 2.17. The second kappa shape index (κ2) is 6.80. The first-order chi connectivity index (χ1) is 9.16. The molecule has 1 aromatic carbocycles. The largest absolute Gasteiger partial charge is 0.372 e. The predicted molar refractivity (Wildman–Crippen MR) is 76.8 cm³/mol. The van der Waals surface area contributed by atoms with E-state index in [1.54, 1.807) is 17.4 Å². The van der Waals surface area contributed by atoms with Gasteiger partial charge in [-0.3, -0.25) is 0 Å². The molecule has 0 saturated heterocycles. The van der Waals surface area contributed by atoms with Gasteiger partial charge >= 0.3 is 0 Å². The van der Waals surface area contributed by atoms with Crippen LogP contribution in [0.2, 0.25) is 0 Å². The Morgan fingerprint density at radius 2 is 2.16 bits per heavy atom. The highest BCUT2D eigenvalue weighted by molar-refractivity contribution is 7.09. The molecule has 102 valence electrons. The third-order valence-electron chi connectivity index (χ3n) is 2.88. The maximum atomic E-state index is 13.2. The second-order valence-corrected chi connectivity index (χ2v) is 5.57. The topological polar surface area (TPSA) is 35.2 Å². The first-order valence-corrected chi connectivity index (χ1v) is 7.20. The van der Waals surface area contributed by atoms with Gasteiger partial charge in [0.05, 0.1) is 12.7 Å². The molecule has 2 unspecified atom stereocenters. The van der Waals surface area contributed by atoms with Crippen LogP contribution in [0.3, 0.4) is 0 Å². The fourth-order valence-corrected chi connectivity index (χ4v) is 2.67. The minimum atomic E-state index is -0.268. The van der Waals surface area contributed by atoms with Crippen LogP contribution in [0.4, 0.5) is 4.39 Å². The number of ether oxygens (including phenoxy) is 1. The number of thiophene rings is 1. The van der Waals surface area contributed by atoms with E-state index >= 15 is 0 Å². The van der Waals surface area contributed by atoms with Gasteiger partial charge in [0.25, 0.3) is 0 Å². The van der Waals surface area contributed by atoms with E-state index in [0.29, 0.717) is 6.61 Å². The van der Waals surface area contributed by atoms with Crippen molar-refractivity contribution < 1.29 is 9.13 Å². The molecule has 0 radical (unpaired) electrons. The summed E-state index contributed by atoms with van der Waals surface area (Å²) in [4.78, 5) is 1.28. The van der Waals surface area contributed by atoms with E-state index in [9.17, 15) is 4.39 Å². The number of halogens is 1. The zero-order chi connectivity index (χ0) is 13.7. The van der Waals surface area contributed by atoms with Crippen molar-refractivity contribution in [3.8, 4) is 0 Å². The normalized spacial score (nSPS) is 14.3. The molecular weight excluding hydrogens is 261 g/mol. The molecule has 0 aliphatic carbocycles. The summed E-state index contributed by atoms with van der Waals surface area (Å²) in [6.07, 6.45) is 0.589. The summed E-state index contributed by atoms with van der Waals surface area (Å²) < 4.78 is 19.1. The maximum Gasteiger partial charge on any atom is 0.123 e. The van der Waals surface area contributed by atoms with Gasteiger partial charge in [-0.15, -0.1) is 11.3 Å². The van der Waals surface area contributed by atoms with E-state index in [2.05, 4.69) is 6.07 Å². The zero-order valence-corrected chi connectivity index (χ0v) is 11.7. The van der Waals surface area contributed by atoms with E-state index in [1.807, 2.05) is 24.4 Å². The fraction of sp³-hybridized carbons (Fsp3) is 0.333. The Bertz CT molecular complexity index is 499. The van der Waals surface area contributed by atoms with Gasteiger partial charge in [0, 0.05) is 17.3 Å². The second-order valence-electron chi connectivity index (χ2n) is 4.53. The van der Waals surface area contributed by atoms with E-state index < -0.39 is 0 Å². The lowest BCUT2D eigenvalue weighted by atomic mass is 10.0. The summed E-state index contributed by atoms with van der Waals surface area (Å²) in [7, 11) is 0. The van der Waals surface area contributed by atoms with Gasteiger partial charge in [0.15, 0.2) is 0 Å². The van der Waals surface area contributed by atoms with Crippen LogP contribution in [0.15, 0.2) is 41.8 Å². The molecule has 0 amide bonds. The molecule has 1 heterocycles. The highest BCUT2D eigenvalue weighted by Crippen LogP contribution is 2.22. The summed E-state index contributed by atoms with van der Waals surface area (Å²) >= 11 is 1.71. The Balaban J connectivity index is 1.96. The van der Waals surface area contributed by atoms with Crippen molar-refractivity contribution in [2.75, 3.05) is 6.61 Å². The van der Waals surface area contributed by atoms with E-state index in [0.717, 1.165) is 12.0 Å². The lowest BCUT2D eigenvalue weighted by Gasteiger charge is -2.22. The number of nitrogens with two attached hydrogens (primary N) is 1. The van der Waals surface area contributed by atoms with Crippen molar-refractivity contribution in [1.82, 2.24) is 0 Å². The van der Waals surface area contributed by atoms with Crippen LogP contribution in [-0.2, 0) is 11.2 Å². The molecule has 2 rings (SSSR count). The molecule has 19 heavy (non-hydrogen) atoms. The summed E-state index contributed by atoms with van der Waals surface area (Å²) in [5, 5.41) is 2.05. The van der Waals surface area contributed by atoms with Gasteiger partial charge in [-0.2, -0.15) is 0 Å². The smallest absolute Gasteiger partial charge is 0.123 e. The molecule has 1 aromatic heterocycles. The minimum absolute atomic E-state index is 0.176. The third kappa shape index (κ3) is 4.13. The lowest BCUT2D eigenvalue weighted by molar-refractivity contribution is 0.0404. The average molecular weight is 279 g/mol. The Morgan fingerprint density at radius 1 is 1.32 bits per heavy atom. The van der Waals surface area contributed by atoms with Crippen LogP contribution in [0.5, 0.6) is 0 Å². The van der Waals surface area contributed by atoms with Crippen LogP contribution in [-0.4, -0.2) is 12.6 Å². The predicted octanol–water partition coefficient (Wildman–Crippen LogP) is 3.53. The van der Waals surface area contributed by atoms with Crippen molar-refractivity contribution in [3.05, 3.63) is 58.0 Å². The zero-order valence-electron chi connectivity index (χ0n) is 10.9. The third-order valence-corrected chi connectivity index (χ3v) is 3.82. The Labute approximate surface area is 117 Å². The lowest BCUT2D eigenvalue weighted by Crippen LogP contribution is -2.27. The van der Waals surface area contributed by atoms with E-state index in [4.69, 9.17) is 10.5 Å². The average Bonchev–Trinajstić information content (AvgIpc) is 2.87. The molecule has 0 fully saturated rings. The van der Waals surface area contributed by atoms with Crippen molar-refractivity contribution in [1.29, 1.82) is 0 Å². The van der Waals surface area contributed by atoms with Crippen LogP contribution in [0.25, 0.3) is 0 Å². The van der Waals surface area contributed by atoms with Crippen LogP contribution in [0, 0.1) is 5.82 Å². The first kappa shape index (κ1) is 14.2. The number of hydrogen-bond donors (Lipinski definition) is 1. The standard InChI is InChI=1S/C15H18FNOS/c1-11(17)15(12-4-2-5-13(16)10-12)18-8-7-14-6-3-9-19-14/h2-6,9-11,15H,7-8,17H2,1H3. The van der Waals surface area contributed by atoms with Crippen LogP contribution < -0.4 is 5.73 Å². The molecular formula is C15H18FNOS. The number of rotatable bonds is 6. The van der Waals surface area contributed by atoms with E-state index in [1.165, 1.54) is 17.0 Å². The van der Waals surface area contributed by atoms with Crippen molar-refractivity contribution >= 4 is 11.3 Å². The van der Waals surface area contributed by atoms with Crippen molar-refractivity contribution in [2.45, 2.75) is 25.5 Å². The molecule has 2 nitrogen and oxygen atoms in total.